The molecule has 0 radical (unpaired) electrons. The van der Waals surface area contributed by atoms with Crippen molar-refractivity contribution in [1.29, 1.82) is 1.12 Å². The van der Waals surface area contributed by atoms with Gasteiger partial charge in [0.1, 0.15) is 1.12 Å². The Bertz CT molecular complexity index is 157. The van der Waals surface area contributed by atoms with Gasteiger partial charge in [0.15, 0.2) is 5.11 Å². The fourth-order valence-corrected chi connectivity index (χ4v) is 0.513. The topological polar surface area (TPSA) is 65.9 Å². The van der Waals surface area contributed by atoms with Crippen molar-refractivity contribution in [2.45, 2.75) is 0 Å². The van der Waals surface area contributed by atoms with E-state index in [1.54, 1.807) is 0 Å². The SMILES string of the molecule is [3H]SOC=NNC(=S)NCCO. The summed E-state index contributed by atoms with van der Waals surface area (Å²) in [6.45, 7) is 0.375. The lowest BCUT2D eigenvalue weighted by atomic mass is 10.7. The maximum absolute atomic E-state index is 8.38. The lowest BCUT2D eigenvalue weighted by Crippen LogP contribution is -2.33. The molecule has 3 N–H and O–H groups in total. The van der Waals surface area contributed by atoms with Crippen LogP contribution in [0.15, 0.2) is 5.10 Å². The van der Waals surface area contributed by atoms with Crippen LogP contribution in [0.2, 0.25) is 0 Å². The summed E-state index contributed by atoms with van der Waals surface area (Å²) >= 11 is 5.14. The zero-order valence-corrected chi connectivity index (χ0v) is 7.24. The van der Waals surface area contributed by atoms with Gasteiger partial charge in [0.2, 0.25) is 6.40 Å². The number of thiol groups is 1. The summed E-state index contributed by atoms with van der Waals surface area (Å²) in [5.74, 6) is 0. The van der Waals surface area contributed by atoms with E-state index in [4.69, 9.17) is 18.4 Å². The molecule has 0 unspecified atom stereocenters. The van der Waals surface area contributed by atoms with Crippen LogP contribution in [0.4, 0.5) is 0 Å². The molecule has 0 rings (SSSR count). The maximum atomic E-state index is 8.38. The Kier molecular flexibility index (Phi) is 5.90. The average molecular weight is 197 g/mol. The minimum atomic E-state index is 0.00457. The number of nitrogens with one attached hydrogen (secondary N) is 2. The first-order valence-corrected chi connectivity index (χ1v) is 3.50. The van der Waals surface area contributed by atoms with Crippen LogP contribution in [0.25, 0.3) is 0 Å². The summed E-state index contributed by atoms with van der Waals surface area (Å²) in [5.41, 5.74) is 2.41. The predicted octanol–water partition coefficient (Wildman–Crippen LogP) is -0.753. The first kappa shape index (κ1) is 8.57. The first-order valence-electron chi connectivity index (χ1n) is 3.17. The van der Waals surface area contributed by atoms with Crippen LogP contribution in [0.3, 0.4) is 0 Å². The third-order valence-corrected chi connectivity index (χ3v) is 0.981. The fourth-order valence-electron chi connectivity index (χ4n) is 0.315. The molecule has 0 saturated heterocycles. The largest absolute Gasteiger partial charge is 0.415 e. The van der Waals surface area contributed by atoms with Crippen molar-refractivity contribution in [2.75, 3.05) is 13.2 Å². The highest BCUT2D eigenvalue weighted by Gasteiger charge is 1.88. The van der Waals surface area contributed by atoms with Gasteiger partial charge < -0.3 is 14.6 Å². The molecule has 11 heavy (non-hydrogen) atoms. The van der Waals surface area contributed by atoms with Gasteiger partial charge in [-0.25, -0.2) is 0 Å². The van der Waals surface area contributed by atoms with Crippen molar-refractivity contribution < 1.29 is 9.29 Å². The summed E-state index contributed by atoms with van der Waals surface area (Å²) in [5, 5.41) is 14.8. The summed E-state index contributed by atoms with van der Waals surface area (Å²) in [4.78, 5) is 0. The molecule has 0 fully saturated rings. The molecule has 0 aliphatic heterocycles. The van der Waals surface area contributed by atoms with Gasteiger partial charge in [0, 0.05) is 19.4 Å². The molecule has 0 aliphatic carbocycles. The molecule has 0 aromatic heterocycles. The van der Waals surface area contributed by atoms with E-state index in [1.807, 2.05) is 0 Å². The van der Waals surface area contributed by atoms with E-state index < -0.39 is 0 Å². The summed E-state index contributed by atoms with van der Waals surface area (Å²) in [7, 11) is 0. The van der Waals surface area contributed by atoms with Gasteiger partial charge in [-0.15, -0.1) is 5.10 Å². The molecule has 0 bridgehead atoms. The average Bonchev–Trinajstić information content (AvgIpc) is 2.09. The minimum absolute atomic E-state index is 0.00457. The van der Waals surface area contributed by atoms with Crippen molar-refractivity contribution in [3.05, 3.63) is 0 Å². The van der Waals surface area contributed by atoms with E-state index in [0.717, 1.165) is 6.40 Å². The molecule has 0 aromatic carbocycles. The fraction of sp³-hybridized carbons (Fsp3) is 0.500. The van der Waals surface area contributed by atoms with Crippen LogP contribution in [0.1, 0.15) is 0 Å². The van der Waals surface area contributed by atoms with Gasteiger partial charge in [0.25, 0.3) is 0 Å². The van der Waals surface area contributed by atoms with Gasteiger partial charge in [-0.3, -0.25) is 5.43 Å². The highest BCUT2D eigenvalue weighted by atomic mass is 32.1. The standard InChI is InChI=1S/C4H9N3O2S2/c8-2-1-5-4(10)7-6-3-9-11/h3,8,11H,1-2H2,(H2,5,7,10)/i/hT. The molecule has 64 valence electrons. The number of nitrogens with zero attached hydrogens (tertiary/aromatic N) is 1. The van der Waals surface area contributed by atoms with Crippen molar-refractivity contribution >= 4 is 36.5 Å². The van der Waals surface area contributed by atoms with Gasteiger partial charge in [0.05, 0.1) is 6.61 Å². The van der Waals surface area contributed by atoms with Crippen LogP contribution in [-0.4, -0.2) is 30.9 Å². The number of hydrogen-bond acceptors (Lipinski definition) is 5. The van der Waals surface area contributed by atoms with Crippen molar-refractivity contribution in [1.82, 2.24) is 10.7 Å². The Labute approximate surface area is 76.5 Å². The lowest BCUT2D eigenvalue weighted by molar-refractivity contribution is 0.300. The minimum Gasteiger partial charge on any atom is -0.415 e. The Balaban J connectivity index is 3.30. The third kappa shape index (κ3) is 7.37. The third-order valence-electron chi connectivity index (χ3n) is 0.659. The van der Waals surface area contributed by atoms with E-state index in [1.165, 1.54) is 0 Å². The van der Waals surface area contributed by atoms with E-state index in [0.29, 0.717) is 24.5 Å². The zero-order chi connectivity index (χ0) is 9.23. The van der Waals surface area contributed by atoms with Crippen molar-refractivity contribution in [3.63, 3.8) is 0 Å². The zero-order valence-electron chi connectivity index (χ0n) is 6.61. The number of hydrogen-bond donors (Lipinski definition) is 4. The number of aliphatic hydroxyl groups is 1. The molecular weight excluding hydrogens is 186 g/mol. The molecule has 0 spiro atoms. The van der Waals surface area contributed by atoms with Crippen LogP contribution in [-0.2, 0) is 4.18 Å². The predicted molar refractivity (Wildman–Crippen MR) is 49.4 cm³/mol. The Morgan fingerprint density at radius 1 is 2.00 bits per heavy atom. The van der Waals surface area contributed by atoms with E-state index in [2.05, 4.69) is 20.0 Å². The Morgan fingerprint density at radius 2 is 2.82 bits per heavy atom. The van der Waals surface area contributed by atoms with E-state index in [-0.39, 0.29) is 6.61 Å². The molecule has 5 nitrogen and oxygen atoms in total. The molecule has 0 aromatic rings. The Hall–Kier alpha value is -0.530. The number of aliphatic hydroxyl groups excluding tert-OH is 1. The number of thiocarbonyl (C=S) groups is 1. The molecule has 0 saturated carbocycles. The van der Waals surface area contributed by atoms with Crippen LogP contribution in [0.5, 0.6) is 0 Å². The normalized spacial score (nSPS) is 10.8. The monoisotopic (exact) mass is 197 g/mol. The highest BCUT2D eigenvalue weighted by Crippen LogP contribution is 1.70. The summed E-state index contributed by atoms with van der Waals surface area (Å²) in [6, 6.07) is 0. The molecule has 0 atom stereocenters. The quantitative estimate of drug-likeness (QED) is 0.117. The van der Waals surface area contributed by atoms with E-state index in [9.17, 15) is 0 Å². The second-order valence-corrected chi connectivity index (χ2v) is 2.02. The molecule has 0 heterocycles. The van der Waals surface area contributed by atoms with E-state index >= 15 is 0 Å². The van der Waals surface area contributed by atoms with Gasteiger partial charge in [-0.05, 0) is 12.2 Å². The Morgan fingerprint density at radius 3 is 3.45 bits per heavy atom. The lowest BCUT2D eigenvalue weighted by Gasteiger charge is -2.02. The summed E-state index contributed by atoms with van der Waals surface area (Å²) in [6.07, 6.45) is 1.05. The van der Waals surface area contributed by atoms with Gasteiger partial charge >= 0.3 is 0 Å². The van der Waals surface area contributed by atoms with Crippen LogP contribution in [0, 0.1) is 0 Å². The second kappa shape index (κ2) is 7.58. The van der Waals surface area contributed by atoms with Gasteiger partial charge in [-0.1, -0.05) is 0 Å². The van der Waals surface area contributed by atoms with Crippen molar-refractivity contribution in [3.8, 4) is 0 Å². The maximum Gasteiger partial charge on any atom is 0.208 e. The molecule has 0 aliphatic rings. The van der Waals surface area contributed by atoms with Crippen LogP contribution >= 0.6 is 25.0 Å². The van der Waals surface area contributed by atoms with Gasteiger partial charge in [-0.2, -0.15) is 0 Å². The molecule has 0 amide bonds. The van der Waals surface area contributed by atoms with Crippen molar-refractivity contribution in [2.24, 2.45) is 5.10 Å². The molecular formula is C4H9N3O2S2. The summed E-state index contributed by atoms with van der Waals surface area (Å²) < 4.78 is 10.9. The number of rotatable bonds is 5. The second-order valence-electron chi connectivity index (χ2n) is 1.42. The highest BCUT2D eigenvalue weighted by molar-refractivity contribution is 7.80. The van der Waals surface area contributed by atoms with Crippen LogP contribution < -0.4 is 10.7 Å². The molecule has 7 heteroatoms. The number of hydrazone groups is 1. The first-order chi connectivity index (χ1) is 5.81. The smallest absolute Gasteiger partial charge is 0.208 e.